The van der Waals surface area contributed by atoms with Gasteiger partial charge in [-0.25, -0.2) is 9.78 Å². The molecule has 7 nitrogen and oxygen atoms in total. The first-order chi connectivity index (χ1) is 14.9. The third kappa shape index (κ3) is 3.87. The molecule has 2 saturated heterocycles. The molecule has 31 heavy (non-hydrogen) atoms. The number of carbonyl (C=O) groups excluding carboxylic acids is 1. The van der Waals surface area contributed by atoms with Crippen LogP contribution in [0.25, 0.3) is 10.2 Å². The van der Waals surface area contributed by atoms with Crippen molar-refractivity contribution >= 4 is 44.4 Å². The zero-order valence-corrected chi connectivity index (χ0v) is 18.7. The molecular weight excluding hydrogens is 432 g/mol. The molecule has 3 heterocycles. The molecule has 0 bridgehead atoms. The molecule has 2 amide bonds. The Morgan fingerprint density at radius 3 is 2.81 bits per heavy atom. The summed E-state index contributed by atoms with van der Waals surface area (Å²) in [6, 6.07) is 13.1. The van der Waals surface area contributed by atoms with E-state index < -0.39 is 11.1 Å². The van der Waals surface area contributed by atoms with Gasteiger partial charge in [-0.2, -0.15) is 0 Å². The standard InChI is InChI=1S/C22H24N4O3S2/c1-15(16-5-6-20-19(11-16)23-14-30-20)25-9-7-22(8-10-25)13-26(21(27)24-22)17-3-2-4-18(12-17)31(28)29/h2-6,11-12,14-15H,7-10,13H2,1H3,(H,24,27)(H,28,29)/p-1. The lowest BCUT2D eigenvalue weighted by Crippen LogP contribution is -2.52. The predicted molar refractivity (Wildman–Crippen MR) is 121 cm³/mol. The van der Waals surface area contributed by atoms with Crippen molar-refractivity contribution < 1.29 is 13.6 Å². The largest absolute Gasteiger partial charge is 0.768 e. The van der Waals surface area contributed by atoms with Crippen LogP contribution < -0.4 is 10.2 Å². The molecule has 2 aromatic carbocycles. The predicted octanol–water partition coefficient (Wildman–Crippen LogP) is 3.66. The SMILES string of the molecule is CC(c1ccc2scnc2c1)N1CCC2(CC1)CN(c1cccc(S(=O)[O-])c1)C(=O)N2. The number of benzene rings is 2. The number of anilines is 1. The molecule has 1 aromatic heterocycles. The smallest absolute Gasteiger partial charge is 0.322 e. The zero-order valence-electron chi connectivity index (χ0n) is 17.1. The normalized spacial score (nSPS) is 20.8. The van der Waals surface area contributed by atoms with Crippen LogP contribution in [0.5, 0.6) is 0 Å². The minimum Gasteiger partial charge on any atom is -0.768 e. The lowest BCUT2D eigenvalue weighted by molar-refractivity contribution is 0.121. The maximum absolute atomic E-state index is 12.7. The fraction of sp³-hybridized carbons (Fsp3) is 0.364. The number of hydrogen-bond donors (Lipinski definition) is 1. The number of nitrogens with one attached hydrogen (secondary N) is 1. The summed E-state index contributed by atoms with van der Waals surface area (Å²) in [7, 11) is 0. The van der Waals surface area contributed by atoms with Crippen molar-refractivity contribution in [2.24, 2.45) is 0 Å². The number of urea groups is 1. The number of hydrogen-bond acceptors (Lipinski definition) is 6. The molecule has 3 aromatic rings. The minimum atomic E-state index is -2.32. The fourth-order valence-electron chi connectivity index (χ4n) is 4.64. The average Bonchev–Trinajstić information content (AvgIpc) is 3.37. The van der Waals surface area contributed by atoms with Crippen LogP contribution >= 0.6 is 11.3 Å². The van der Waals surface area contributed by atoms with Crippen LogP contribution in [0.4, 0.5) is 10.5 Å². The number of nitrogens with zero attached hydrogens (tertiary/aromatic N) is 3. The van der Waals surface area contributed by atoms with Crippen molar-refractivity contribution in [1.29, 1.82) is 0 Å². The summed E-state index contributed by atoms with van der Waals surface area (Å²) in [4.78, 5) is 21.4. The first-order valence-electron chi connectivity index (χ1n) is 10.3. The summed E-state index contributed by atoms with van der Waals surface area (Å²) >= 11 is -0.664. The Labute approximate surface area is 187 Å². The Morgan fingerprint density at radius 2 is 2.03 bits per heavy atom. The number of likely N-dealkylation sites (tertiary alicyclic amines) is 1. The maximum atomic E-state index is 12.7. The number of rotatable bonds is 4. The summed E-state index contributed by atoms with van der Waals surface area (Å²) in [5, 5.41) is 3.18. The molecule has 2 aliphatic rings. The van der Waals surface area contributed by atoms with Crippen LogP contribution in [0.3, 0.4) is 0 Å². The van der Waals surface area contributed by atoms with Crippen molar-refractivity contribution in [2.45, 2.75) is 36.2 Å². The van der Waals surface area contributed by atoms with Gasteiger partial charge in [0.05, 0.1) is 27.8 Å². The Hall–Kier alpha value is -2.33. The van der Waals surface area contributed by atoms with Gasteiger partial charge >= 0.3 is 6.03 Å². The summed E-state index contributed by atoms with van der Waals surface area (Å²) in [6.45, 7) is 4.54. The van der Waals surface area contributed by atoms with Crippen molar-refractivity contribution in [3.05, 3.63) is 53.5 Å². The van der Waals surface area contributed by atoms with Gasteiger partial charge in [-0.15, -0.1) is 11.3 Å². The maximum Gasteiger partial charge on any atom is 0.322 e. The number of thiazole rings is 1. The second-order valence-electron chi connectivity index (χ2n) is 8.32. The molecule has 2 atom stereocenters. The van der Waals surface area contributed by atoms with E-state index in [2.05, 4.69) is 40.3 Å². The molecule has 2 unspecified atom stereocenters. The van der Waals surface area contributed by atoms with Gasteiger partial charge in [0, 0.05) is 29.7 Å². The van der Waals surface area contributed by atoms with Gasteiger partial charge in [-0.05, 0) is 66.7 Å². The Balaban J connectivity index is 1.28. The van der Waals surface area contributed by atoms with Crippen LogP contribution in [0.1, 0.15) is 31.4 Å². The van der Waals surface area contributed by atoms with Crippen LogP contribution in [0.2, 0.25) is 0 Å². The summed E-state index contributed by atoms with van der Waals surface area (Å²) in [6.07, 6.45) is 1.71. The number of amides is 2. The van der Waals surface area contributed by atoms with Crippen molar-refractivity contribution in [2.75, 3.05) is 24.5 Å². The molecule has 162 valence electrons. The monoisotopic (exact) mass is 455 g/mol. The van der Waals surface area contributed by atoms with Crippen LogP contribution in [-0.4, -0.2) is 49.8 Å². The van der Waals surface area contributed by atoms with Gasteiger partial charge in [-0.1, -0.05) is 12.1 Å². The molecule has 9 heteroatoms. The molecule has 0 aliphatic carbocycles. The average molecular weight is 456 g/mol. The van der Waals surface area contributed by atoms with Gasteiger partial charge in [0.1, 0.15) is 0 Å². The lowest BCUT2D eigenvalue weighted by Gasteiger charge is -2.41. The third-order valence-corrected chi connectivity index (χ3v) is 7.99. The number of carbonyl (C=O) groups is 1. The highest BCUT2D eigenvalue weighted by Crippen LogP contribution is 2.35. The van der Waals surface area contributed by atoms with E-state index in [0.717, 1.165) is 31.4 Å². The van der Waals surface area contributed by atoms with Gasteiger partial charge < -0.3 is 9.87 Å². The summed E-state index contributed by atoms with van der Waals surface area (Å²) in [5.74, 6) is 0. The molecule has 1 spiro atoms. The quantitative estimate of drug-likeness (QED) is 0.607. The van der Waals surface area contributed by atoms with Gasteiger partial charge in [-0.3, -0.25) is 14.0 Å². The molecule has 2 fully saturated rings. The lowest BCUT2D eigenvalue weighted by atomic mass is 9.87. The first kappa shape index (κ1) is 20.6. The third-order valence-electron chi connectivity index (χ3n) is 6.54. The molecule has 5 rings (SSSR count). The van der Waals surface area contributed by atoms with Gasteiger partial charge in [0.15, 0.2) is 0 Å². The Morgan fingerprint density at radius 1 is 1.23 bits per heavy atom. The van der Waals surface area contributed by atoms with Crippen molar-refractivity contribution in [1.82, 2.24) is 15.2 Å². The van der Waals surface area contributed by atoms with E-state index in [0.29, 0.717) is 12.2 Å². The van der Waals surface area contributed by atoms with E-state index in [1.54, 1.807) is 34.4 Å². The van der Waals surface area contributed by atoms with Crippen LogP contribution in [0, 0.1) is 0 Å². The highest BCUT2D eigenvalue weighted by atomic mass is 32.2. The zero-order chi connectivity index (χ0) is 21.6. The number of piperidine rings is 1. The topological polar surface area (TPSA) is 88.6 Å². The second kappa shape index (κ2) is 7.98. The van der Waals surface area contributed by atoms with Crippen LogP contribution in [-0.2, 0) is 11.1 Å². The Kier molecular flexibility index (Phi) is 5.29. The van der Waals surface area contributed by atoms with E-state index in [-0.39, 0.29) is 22.5 Å². The highest BCUT2D eigenvalue weighted by molar-refractivity contribution is 7.79. The molecule has 2 aliphatic heterocycles. The van der Waals surface area contributed by atoms with E-state index >= 15 is 0 Å². The molecular formula is C22H23N4O3S2-. The van der Waals surface area contributed by atoms with E-state index in [4.69, 9.17) is 0 Å². The van der Waals surface area contributed by atoms with E-state index in [1.807, 2.05) is 5.51 Å². The second-order valence-corrected chi connectivity index (χ2v) is 10.1. The van der Waals surface area contributed by atoms with Crippen molar-refractivity contribution in [3.8, 4) is 0 Å². The van der Waals surface area contributed by atoms with Gasteiger partial charge in [0.2, 0.25) is 0 Å². The number of aromatic nitrogens is 1. The fourth-order valence-corrected chi connectivity index (χ4v) is 5.71. The van der Waals surface area contributed by atoms with Crippen molar-refractivity contribution in [3.63, 3.8) is 0 Å². The van der Waals surface area contributed by atoms with Gasteiger partial charge in [0.25, 0.3) is 0 Å². The Bertz CT molecular complexity index is 1160. The summed E-state index contributed by atoms with van der Waals surface area (Å²) in [5.41, 5.74) is 4.52. The molecule has 0 saturated carbocycles. The molecule has 1 N–H and O–H groups in total. The first-order valence-corrected chi connectivity index (χ1v) is 12.3. The summed E-state index contributed by atoms with van der Waals surface area (Å²) < 4.78 is 23.8. The van der Waals surface area contributed by atoms with E-state index in [9.17, 15) is 13.6 Å². The minimum absolute atomic E-state index is 0.163. The van der Waals surface area contributed by atoms with Crippen LogP contribution in [0.15, 0.2) is 52.9 Å². The van der Waals surface area contributed by atoms with E-state index in [1.165, 1.54) is 16.3 Å². The highest BCUT2D eigenvalue weighted by Gasteiger charge is 2.45. The molecule has 0 radical (unpaired) electrons. The number of fused-ring (bicyclic) bond motifs is 1.